The average molecular weight is 572 g/mol. The molecule has 13 heteroatoms. The van der Waals surface area contributed by atoms with Crippen molar-refractivity contribution in [1.82, 2.24) is 19.4 Å². The van der Waals surface area contributed by atoms with Crippen molar-refractivity contribution in [1.29, 1.82) is 0 Å². The SMILES string of the molecule is CN1CC2CCC(C1=O)N2c1ncc(Cl)c(Nc2ccc3c(c2)c2c(c(=O)n3C)OCC(F)(F)[C@H](C3CC3)N2)n1. The Hall–Kier alpha value is -3.67. The lowest BCUT2D eigenvalue weighted by atomic mass is 10.0. The van der Waals surface area contributed by atoms with Gasteiger partial charge in [-0.25, -0.2) is 13.8 Å². The number of likely N-dealkylation sites (N-methyl/N-ethyl adjacent to an activating group) is 1. The summed E-state index contributed by atoms with van der Waals surface area (Å²) in [7, 11) is 3.40. The number of piperazine rings is 1. The van der Waals surface area contributed by atoms with Crippen LogP contribution < -0.4 is 25.8 Å². The van der Waals surface area contributed by atoms with Crippen molar-refractivity contribution in [2.45, 2.75) is 49.7 Å². The Morgan fingerprint density at radius 1 is 1.18 bits per heavy atom. The minimum Gasteiger partial charge on any atom is -0.480 e. The van der Waals surface area contributed by atoms with Crippen LogP contribution in [0.2, 0.25) is 5.02 Å². The summed E-state index contributed by atoms with van der Waals surface area (Å²) in [5, 5.41) is 7.05. The Balaban J connectivity index is 1.27. The number of hydrogen-bond donors (Lipinski definition) is 2. The number of likely N-dealkylation sites (tertiary alicyclic amines) is 1. The topological polar surface area (TPSA) is 105 Å². The molecule has 2 N–H and O–H groups in total. The van der Waals surface area contributed by atoms with Gasteiger partial charge in [-0.05, 0) is 49.8 Å². The van der Waals surface area contributed by atoms with Crippen LogP contribution in [0, 0.1) is 5.92 Å². The van der Waals surface area contributed by atoms with Gasteiger partial charge in [-0.15, -0.1) is 0 Å². The number of carbonyl (C=O) groups excluding carboxylic acids is 1. The fourth-order valence-electron chi connectivity index (χ4n) is 6.26. The molecule has 1 aliphatic carbocycles. The highest BCUT2D eigenvalue weighted by atomic mass is 35.5. The molecule has 0 radical (unpaired) electrons. The van der Waals surface area contributed by atoms with Crippen molar-refractivity contribution < 1.29 is 18.3 Å². The van der Waals surface area contributed by atoms with Crippen LogP contribution >= 0.6 is 11.6 Å². The molecule has 3 aliphatic heterocycles. The Morgan fingerprint density at radius 2 is 1.98 bits per heavy atom. The van der Waals surface area contributed by atoms with Crippen molar-refractivity contribution in [3.05, 3.63) is 39.8 Å². The summed E-state index contributed by atoms with van der Waals surface area (Å²) in [6.07, 6.45) is 4.52. The summed E-state index contributed by atoms with van der Waals surface area (Å²) >= 11 is 6.48. The maximum absolute atomic E-state index is 15.0. The molecule has 2 saturated heterocycles. The van der Waals surface area contributed by atoms with Gasteiger partial charge in [-0.2, -0.15) is 4.98 Å². The van der Waals surface area contributed by atoms with Crippen molar-refractivity contribution in [3.8, 4) is 5.75 Å². The van der Waals surface area contributed by atoms with Crippen LogP contribution in [-0.4, -0.2) is 69.6 Å². The molecule has 7 rings (SSSR count). The van der Waals surface area contributed by atoms with Crippen LogP contribution in [0.5, 0.6) is 5.75 Å². The van der Waals surface area contributed by atoms with Crippen molar-refractivity contribution in [3.63, 3.8) is 0 Å². The van der Waals surface area contributed by atoms with Crippen LogP contribution in [-0.2, 0) is 11.8 Å². The van der Waals surface area contributed by atoms with Crippen LogP contribution in [0.25, 0.3) is 10.9 Å². The second kappa shape index (κ2) is 8.92. The highest BCUT2D eigenvalue weighted by Gasteiger charge is 2.51. The monoisotopic (exact) mass is 571 g/mol. The molecular weight excluding hydrogens is 544 g/mol. The molecule has 5 heterocycles. The highest BCUT2D eigenvalue weighted by Crippen LogP contribution is 2.46. The number of pyridine rings is 1. The molecule has 0 spiro atoms. The van der Waals surface area contributed by atoms with Crippen molar-refractivity contribution >= 4 is 51.6 Å². The Kier molecular flexibility index (Phi) is 5.64. The number of hydrogen-bond acceptors (Lipinski definition) is 8. The lowest BCUT2D eigenvalue weighted by Gasteiger charge is -2.38. The van der Waals surface area contributed by atoms with Crippen LogP contribution in [0.3, 0.4) is 0 Å². The lowest BCUT2D eigenvalue weighted by molar-refractivity contribution is -0.132. The summed E-state index contributed by atoms with van der Waals surface area (Å²) in [6, 6.07) is 3.96. The number of aryl methyl sites for hydroxylation is 1. The molecule has 40 heavy (non-hydrogen) atoms. The maximum atomic E-state index is 15.0. The third kappa shape index (κ3) is 3.94. The van der Waals surface area contributed by atoms with E-state index in [4.69, 9.17) is 16.3 Å². The molecule has 1 aromatic carbocycles. The molecule has 1 saturated carbocycles. The fraction of sp³-hybridized carbons (Fsp3) is 0.481. The molecule has 210 valence electrons. The molecule has 1 amide bonds. The van der Waals surface area contributed by atoms with Crippen LogP contribution in [0.4, 0.5) is 31.9 Å². The Labute approximate surface area is 233 Å². The van der Waals surface area contributed by atoms with E-state index in [0.29, 0.717) is 47.7 Å². The van der Waals surface area contributed by atoms with E-state index in [1.165, 1.54) is 10.8 Å². The van der Waals surface area contributed by atoms with Gasteiger partial charge in [0.15, 0.2) is 12.4 Å². The number of nitrogens with zero attached hydrogens (tertiary/aromatic N) is 5. The molecule has 3 atom stereocenters. The number of rotatable bonds is 4. The van der Waals surface area contributed by atoms with E-state index in [1.54, 1.807) is 30.1 Å². The summed E-state index contributed by atoms with van der Waals surface area (Å²) in [5.74, 6) is -2.61. The predicted molar refractivity (Wildman–Crippen MR) is 147 cm³/mol. The number of fused-ring (bicyclic) bond motifs is 5. The number of alkyl halides is 2. The zero-order valence-corrected chi connectivity index (χ0v) is 22.7. The van der Waals surface area contributed by atoms with E-state index in [9.17, 15) is 18.4 Å². The number of ether oxygens (including phenoxy) is 1. The first-order chi connectivity index (χ1) is 19.1. The zero-order chi connectivity index (χ0) is 27.9. The van der Waals surface area contributed by atoms with Gasteiger partial charge in [0.2, 0.25) is 17.6 Å². The van der Waals surface area contributed by atoms with Crippen molar-refractivity contribution in [2.75, 3.05) is 35.7 Å². The Morgan fingerprint density at radius 3 is 2.75 bits per heavy atom. The molecule has 2 unspecified atom stereocenters. The molecular formula is C27H28ClF2N7O3. The summed E-state index contributed by atoms with van der Waals surface area (Å²) in [6.45, 7) is -0.252. The van der Waals surface area contributed by atoms with E-state index in [-0.39, 0.29) is 40.4 Å². The van der Waals surface area contributed by atoms with Crippen LogP contribution in [0.15, 0.2) is 29.2 Å². The first kappa shape index (κ1) is 25.3. The largest absolute Gasteiger partial charge is 0.480 e. The first-order valence-corrected chi connectivity index (χ1v) is 13.8. The van der Waals surface area contributed by atoms with Gasteiger partial charge in [-0.3, -0.25) is 9.59 Å². The maximum Gasteiger partial charge on any atom is 0.301 e. The predicted octanol–water partition coefficient (Wildman–Crippen LogP) is 3.75. The van der Waals surface area contributed by atoms with Gasteiger partial charge in [0.25, 0.3) is 5.56 Å². The van der Waals surface area contributed by atoms with E-state index in [1.807, 2.05) is 11.9 Å². The van der Waals surface area contributed by atoms with Crippen molar-refractivity contribution in [2.24, 2.45) is 13.0 Å². The number of carbonyl (C=O) groups is 1. The average Bonchev–Trinajstić information content (AvgIpc) is 3.71. The second-order valence-corrected chi connectivity index (χ2v) is 11.6. The minimum atomic E-state index is -3.12. The van der Waals surface area contributed by atoms with E-state index < -0.39 is 24.1 Å². The van der Waals surface area contributed by atoms with E-state index >= 15 is 0 Å². The highest BCUT2D eigenvalue weighted by molar-refractivity contribution is 6.33. The first-order valence-electron chi connectivity index (χ1n) is 13.4. The van der Waals surface area contributed by atoms with Crippen LogP contribution in [0.1, 0.15) is 25.7 Å². The summed E-state index contributed by atoms with van der Waals surface area (Å²) in [4.78, 5) is 38.6. The van der Waals surface area contributed by atoms with Gasteiger partial charge in [0.05, 0.1) is 29.5 Å². The minimum absolute atomic E-state index is 0.0486. The standard InChI is InChI=1S/C27H28ClF2N7O3/c1-35-11-15-6-8-19(24(35)38)37(15)26-31-10-17(28)23(34-26)32-14-5-7-18-16(9-14)20-21(25(39)36(18)2)40-12-27(29,30)22(33-20)13-3-4-13/h5,7,9-10,13,15,19,22,33H,3-4,6,8,11-12H2,1-2H3,(H,31,32,34)/t15?,19?,22-/m0/s1. The summed E-state index contributed by atoms with van der Waals surface area (Å²) < 4.78 is 36.8. The van der Waals surface area contributed by atoms with E-state index in [0.717, 1.165) is 12.8 Å². The Bertz CT molecular complexity index is 1610. The molecule has 3 fully saturated rings. The second-order valence-electron chi connectivity index (χ2n) is 11.2. The van der Waals surface area contributed by atoms with Gasteiger partial charge >= 0.3 is 5.92 Å². The third-order valence-electron chi connectivity index (χ3n) is 8.48. The number of halogens is 3. The molecule has 2 bridgehead atoms. The van der Waals surface area contributed by atoms with Gasteiger partial charge in [0, 0.05) is 31.7 Å². The molecule has 3 aromatic rings. The van der Waals surface area contributed by atoms with Gasteiger partial charge in [-0.1, -0.05) is 11.6 Å². The fourth-order valence-corrected chi connectivity index (χ4v) is 6.40. The summed E-state index contributed by atoms with van der Waals surface area (Å²) in [5.41, 5.74) is 0.922. The number of benzene rings is 1. The molecule has 4 aliphatic rings. The molecule has 2 aromatic heterocycles. The normalized spacial score (nSPS) is 25.3. The van der Waals surface area contributed by atoms with Gasteiger partial charge in [0.1, 0.15) is 11.1 Å². The quantitative estimate of drug-likeness (QED) is 0.488. The number of amides is 1. The smallest absolute Gasteiger partial charge is 0.301 e. The molecule has 10 nitrogen and oxygen atoms in total. The third-order valence-corrected chi connectivity index (χ3v) is 8.76. The number of aromatic nitrogens is 3. The number of nitrogens with one attached hydrogen (secondary N) is 2. The van der Waals surface area contributed by atoms with E-state index in [2.05, 4.69) is 20.6 Å². The zero-order valence-electron chi connectivity index (χ0n) is 22.0. The number of anilines is 4. The van der Waals surface area contributed by atoms with Gasteiger partial charge < -0.3 is 29.7 Å². The lowest BCUT2D eigenvalue weighted by Crippen LogP contribution is -2.56.